The zero-order chi connectivity index (χ0) is 10.8. The van der Waals surface area contributed by atoms with Crippen LogP contribution in [-0.4, -0.2) is 10.1 Å². The van der Waals surface area contributed by atoms with E-state index in [2.05, 4.69) is 20.9 Å². The maximum Gasteiger partial charge on any atom is 0.123 e. The SMILES string of the molecule is Cc1cc(C(O)c2ncccc2Br)cs1. The van der Waals surface area contributed by atoms with Crippen LogP contribution >= 0.6 is 27.3 Å². The molecule has 78 valence electrons. The number of rotatable bonds is 2. The average molecular weight is 284 g/mol. The predicted octanol–water partition coefficient (Wildman–Crippen LogP) is 3.30. The van der Waals surface area contributed by atoms with Crippen molar-refractivity contribution in [3.8, 4) is 0 Å². The summed E-state index contributed by atoms with van der Waals surface area (Å²) in [6.07, 6.45) is 1.04. The molecule has 4 heteroatoms. The fourth-order valence-electron chi connectivity index (χ4n) is 1.36. The van der Waals surface area contributed by atoms with Crippen molar-refractivity contribution in [2.24, 2.45) is 0 Å². The van der Waals surface area contributed by atoms with Crippen LogP contribution in [0.25, 0.3) is 0 Å². The molecule has 2 rings (SSSR count). The van der Waals surface area contributed by atoms with Gasteiger partial charge in [0.1, 0.15) is 6.10 Å². The zero-order valence-corrected chi connectivity index (χ0v) is 10.5. The topological polar surface area (TPSA) is 33.1 Å². The van der Waals surface area contributed by atoms with Crippen LogP contribution in [0.5, 0.6) is 0 Å². The molecule has 1 atom stereocenters. The third-order valence-corrected chi connectivity index (χ3v) is 3.66. The summed E-state index contributed by atoms with van der Waals surface area (Å²) in [5, 5.41) is 12.1. The van der Waals surface area contributed by atoms with E-state index in [0.29, 0.717) is 5.69 Å². The molecule has 2 aromatic rings. The predicted molar refractivity (Wildman–Crippen MR) is 65.1 cm³/mol. The summed E-state index contributed by atoms with van der Waals surface area (Å²) in [5.41, 5.74) is 1.56. The molecule has 0 fully saturated rings. The van der Waals surface area contributed by atoms with Gasteiger partial charge in [0, 0.05) is 15.5 Å². The Morgan fingerprint density at radius 1 is 1.53 bits per heavy atom. The van der Waals surface area contributed by atoms with Crippen molar-refractivity contribution in [1.82, 2.24) is 4.98 Å². The molecule has 1 N–H and O–H groups in total. The number of halogens is 1. The molecule has 2 aromatic heterocycles. The van der Waals surface area contributed by atoms with Crippen molar-refractivity contribution in [2.45, 2.75) is 13.0 Å². The van der Waals surface area contributed by atoms with Crippen LogP contribution in [0.15, 0.2) is 34.2 Å². The first kappa shape index (κ1) is 10.8. The Balaban J connectivity index is 2.36. The lowest BCUT2D eigenvalue weighted by atomic mass is 10.1. The van der Waals surface area contributed by atoms with Gasteiger partial charge in [0.25, 0.3) is 0 Å². The minimum atomic E-state index is -0.648. The van der Waals surface area contributed by atoms with Crippen LogP contribution in [0, 0.1) is 6.92 Å². The normalized spacial score (nSPS) is 12.7. The minimum Gasteiger partial charge on any atom is -0.382 e. The number of aliphatic hydroxyl groups is 1. The van der Waals surface area contributed by atoms with E-state index in [9.17, 15) is 5.11 Å². The van der Waals surface area contributed by atoms with Gasteiger partial charge in [0.2, 0.25) is 0 Å². The molecule has 0 spiro atoms. The highest BCUT2D eigenvalue weighted by molar-refractivity contribution is 9.10. The summed E-state index contributed by atoms with van der Waals surface area (Å²) in [6, 6.07) is 5.69. The Hall–Kier alpha value is -0.710. The first-order valence-electron chi connectivity index (χ1n) is 4.52. The van der Waals surface area contributed by atoms with Crippen molar-refractivity contribution in [2.75, 3.05) is 0 Å². The monoisotopic (exact) mass is 283 g/mol. The molecule has 0 aliphatic heterocycles. The lowest BCUT2D eigenvalue weighted by Gasteiger charge is -2.09. The Morgan fingerprint density at radius 3 is 2.93 bits per heavy atom. The minimum absolute atomic E-state index is 0.648. The number of pyridine rings is 1. The van der Waals surface area contributed by atoms with Crippen molar-refractivity contribution in [3.63, 3.8) is 0 Å². The fraction of sp³-hybridized carbons (Fsp3) is 0.182. The Bertz CT molecular complexity index is 469. The first-order chi connectivity index (χ1) is 7.18. The average Bonchev–Trinajstić information content (AvgIpc) is 2.65. The molecule has 0 bridgehead atoms. The smallest absolute Gasteiger partial charge is 0.123 e. The van der Waals surface area contributed by atoms with Gasteiger partial charge in [-0.1, -0.05) is 0 Å². The molecule has 0 aromatic carbocycles. The van der Waals surface area contributed by atoms with Gasteiger partial charge in [0.05, 0.1) is 5.69 Å². The summed E-state index contributed by atoms with van der Waals surface area (Å²) in [5.74, 6) is 0. The quantitative estimate of drug-likeness (QED) is 0.918. The largest absolute Gasteiger partial charge is 0.382 e. The zero-order valence-electron chi connectivity index (χ0n) is 8.14. The number of nitrogens with zero attached hydrogens (tertiary/aromatic N) is 1. The third kappa shape index (κ3) is 2.27. The second-order valence-corrected chi connectivity index (χ2v) is 5.23. The van der Waals surface area contributed by atoms with Crippen LogP contribution in [0.2, 0.25) is 0 Å². The lowest BCUT2D eigenvalue weighted by molar-refractivity contribution is 0.215. The number of hydrogen-bond donors (Lipinski definition) is 1. The molecule has 0 radical (unpaired) electrons. The standard InChI is InChI=1S/C11H10BrNOS/c1-7-5-8(6-15-7)11(14)10-9(12)3-2-4-13-10/h2-6,11,14H,1H3. The molecule has 15 heavy (non-hydrogen) atoms. The van der Waals surface area contributed by atoms with Gasteiger partial charge >= 0.3 is 0 Å². The fourth-order valence-corrected chi connectivity index (χ4v) is 2.56. The van der Waals surface area contributed by atoms with E-state index in [1.807, 2.05) is 30.5 Å². The summed E-state index contributed by atoms with van der Waals surface area (Å²) in [4.78, 5) is 5.36. The first-order valence-corrected chi connectivity index (χ1v) is 6.19. The second-order valence-electron chi connectivity index (χ2n) is 3.26. The summed E-state index contributed by atoms with van der Waals surface area (Å²) >= 11 is 5.01. The van der Waals surface area contributed by atoms with Crippen LogP contribution in [0.4, 0.5) is 0 Å². The lowest BCUT2D eigenvalue weighted by Crippen LogP contribution is -2.01. The van der Waals surface area contributed by atoms with Gasteiger partial charge in [0.15, 0.2) is 0 Å². The maximum absolute atomic E-state index is 10.1. The highest BCUT2D eigenvalue weighted by atomic mass is 79.9. The van der Waals surface area contributed by atoms with E-state index in [1.54, 1.807) is 17.5 Å². The summed E-state index contributed by atoms with van der Waals surface area (Å²) in [7, 11) is 0. The van der Waals surface area contributed by atoms with E-state index >= 15 is 0 Å². The van der Waals surface area contributed by atoms with Crippen LogP contribution < -0.4 is 0 Å². The van der Waals surface area contributed by atoms with E-state index in [1.165, 1.54) is 4.88 Å². The molecular formula is C11H10BrNOS. The molecule has 0 saturated carbocycles. The van der Waals surface area contributed by atoms with Crippen LogP contribution in [0.3, 0.4) is 0 Å². The molecule has 0 saturated heterocycles. The molecule has 2 nitrogen and oxygen atoms in total. The van der Waals surface area contributed by atoms with Gasteiger partial charge in [-0.2, -0.15) is 0 Å². The van der Waals surface area contributed by atoms with Crippen LogP contribution in [-0.2, 0) is 0 Å². The van der Waals surface area contributed by atoms with E-state index in [4.69, 9.17) is 0 Å². The van der Waals surface area contributed by atoms with E-state index in [0.717, 1.165) is 10.0 Å². The number of aliphatic hydroxyl groups excluding tert-OH is 1. The van der Waals surface area contributed by atoms with Gasteiger partial charge in [-0.15, -0.1) is 11.3 Å². The summed E-state index contributed by atoms with van der Waals surface area (Å²) in [6.45, 7) is 2.02. The van der Waals surface area contributed by atoms with Gasteiger partial charge < -0.3 is 5.11 Å². The van der Waals surface area contributed by atoms with Crippen LogP contribution in [0.1, 0.15) is 22.2 Å². The Morgan fingerprint density at radius 2 is 2.33 bits per heavy atom. The number of aromatic nitrogens is 1. The van der Waals surface area contributed by atoms with Crippen molar-refractivity contribution < 1.29 is 5.11 Å². The van der Waals surface area contributed by atoms with E-state index in [-0.39, 0.29) is 0 Å². The number of thiophene rings is 1. The van der Waals surface area contributed by atoms with Crippen molar-refractivity contribution in [1.29, 1.82) is 0 Å². The summed E-state index contributed by atoms with van der Waals surface area (Å²) < 4.78 is 0.835. The Labute approximate surface area is 101 Å². The number of hydrogen-bond acceptors (Lipinski definition) is 3. The maximum atomic E-state index is 10.1. The molecule has 1 unspecified atom stereocenters. The van der Waals surface area contributed by atoms with Gasteiger partial charge in [-0.3, -0.25) is 4.98 Å². The van der Waals surface area contributed by atoms with Gasteiger partial charge in [-0.05, 0) is 52.0 Å². The van der Waals surface area contributed by atoms with Gasteiger partial charge in [-0.25, -0.2) is 0 Å². The molecule has 2 heterocycles. The molecule has 0 aliphatic carbocycles. The molecule has 0 aliphatic rings. The highest BCUT2D eigenvalue weighted by Gasteiger charge is 2.15. The van der Waals surface area contributed by atoms with Crippen molar-refractivity contribution >= 4 is 27.3 Å². The van der Waals surface area contributed by atoms with E-state index < -0.39 is 6.10 Å². The molecule has 0 amide bonds. The van der Waals surface area contributed by atoms with Crippen molar-refractivity contribution in [3.05, 3.63) is 50.4 Å². The third-order valence-electron chi connectivity index (χ3n) is 2.11. The molecular weight excluding hydrogens is 274 g/mol. The Kier molecular flexibility index (Phi) is 3.19. The second kappa shape index (κ2) is 4.43. The highest BCUT2D eigenvalue weighted by Crippen LogP contribution is 2.28. The number of aryl methyl sites for hydroxylation is 1.